The zero-order chi connectivity index (χ0) is 9.72. The van der Waals surface area contributed by atoms with E-state index in [2.05, 4.69) is 0 Å². The third-order valence-electron chi connectivity index (χ3n) is 1.19. The van der Waals surface area contributed by atoms with Gasteiger partial charge in [-0.15, -0.1) is 0 Å². The van der Waals surface area contributed by atoms with Crippen LogP contribution in [-0.4, -0.2) is 166 Å². The van der Waals surface area contributed by atoms with Crippen LogP contribution in [-0.2, 0) is 14.4 Å². The molecule has 0 aliphatic rings. The number of carboxylic acid groups (broad SMARTS) is 3. The Morgan fingerprint density at radius 1 is 0.867 bits per heavy atom. The molecule has 0 spiro atoms. The van der Waals surface area contributed by atoms with E-state index in [1.165, 1.54) is 0 Å². The molecular formula is C6H11K2NaO6. The average molecular weight is 280 g/mol. The van der Waals surface area contributed by atoms with Crippen molar-refractivity contribution >= 4 is 150 Å². The van der Waals surface area contributed by atoms with Crippen LogP contribution in [0.25, 0.3) is 0 Å². The van der Waals surface area contributed by atoms with E-state index in [1.54, 1.807) is 0 Å². The number of carboxylic acids is 3. The molecule has 0 heterocycles. The number of hydrogen-bond donors (Lipinski definition) is 3. The molecular weight excluding hydrogens is 269 g/mol. The van der Waals surface area contributed by atoms with Gasteiger partial charge >= 0.3 is 150 Å². The monoisotopic (exact) mass is 280 g/mol. The van der Waals surface area contributed by atoms with Crippen molar-refractivity contribution in [3.63, 3.8) is 0 Å². The maximum atomic E-state index is 10.2. The Bertz CT molecular complexity index is 206. The van der Waals surface area contributed by atoms with Crippen LogP contribution in [0.15, 0.2) is 0 Å². The summed E-state index contributed by atoms with van der Waals surface area (Å²) in [6.07, 6.45) is -1.33. The molecule has 15 heavy (non-hydrogen) atoms. The minimum absolute atomic E-state index is 0. The van der Waals surface area contributed by atoms with Gasteiger partial charge in [0.25, 0.3) is 0 Å². The molecule has 0 radical (unpaired) electrons. The summed E-state index contributed by atoms with van der Waals surface area (Å²) in [5, 5.41) is 24.7. The Labute approximate surface area is 194 Å². The summed E-state index contributed by atoms with van der Waals surface area (Å²) >= 11 is 0. The van der Waals surface area contributed by atoms with Crippen molar-refractivity contribution in [2.75, 3.05) is 0 Å². The van der Waals surface area contributed by atoms with E-state index in [-0.39, 0.29) is 132 Å². The van der Waals surface area contributed by atoms with Gasteiger partial charge in [0, 0.05) is 0 Å². The normalized spacial score (nSPS) is 7.80. The zero-order valence-corrected chi connectivity index (χ0v) is 6.06. The van der Waals surface area contributed by atoms with Crippen LogP contribution in [0, 0.1) is 5.92 Å². The molecule has 6 nitrogen and oxygen atoms in total. The van der Waals surface area contributed by atoms with Gasteiger partial charge in [-0.1, -0.05) is 0 Å². The molecule has 0 aromatic carbocycles. The van der Waals surface area contributed by atoms with Gasteiger partial charge in [0.05, 0.1) is 18.8 Å². The topological polar surface area (TPSA) is 112 Å². The van der Waals surface area contributed by atoms with Crippen molar-refractivity contribution in [3.05, 3.63) is 0 Å². The summed E-state index contributed by atoms with van der Waals surface area (Å²) in [5.41, 5.74) is 0. The van der Waals surface area contributed by atoms with Gasteiger partial charge < -0.3 is 15.3 Å². The third kappa shape index (κ3) is 16.7. The molecule has 0 fully saturated rings. The minimum atomic E-state index is -1.40. The summed E-state index contributed by atoms with van der Waals surface area (Å²) in [7, 11) is 0. The number of hydrogen-bond acceptors (Lipinski definition) is 3. The van der Waals surface area contributed by atoms with Crippen LogP contribution in [0.4, 0.5) is 0 Å². The summed E-state index contributed by atoms with van der Waals surface area (Å²) in [4.78, 5) is 30.3. The first-order chi connectivity index (χ1) is 5.43. The Hall–Kier alpha value is 2.68. The van der Waals surface area contributed by atoms with Gasteiger partial charge in [-0.3, -0.25) is 14.4 Å². The molecule has 0 saturated heterocycles. The quantitative estimate of drug-likeness (QED) is 0.488. The van der Waals surface area contributed by atoms with Crippen molar-refractivity contribution in [2.45, 2.75) is 12.8 Å². The SMILES string of the molecule is O=C(O)CC(CC(=O)O)C(=O)O.[KH].[KH].[NaH]. The van der Waals surface area contributed by atoms with E-state index in [9.17, 15) is 14.4 Å². The van der Waals surface area contributed by atoms with E-state index in [0.717, 1.165) is 0 Å². The number of carbonyl (C=O) groups is 3. The Kier molecular flexibility index (Phi) is 25.8. The molecule has 0 atom stereocenters. The first-order valence-electron chi connectivity index (χ1n) is 3.10. The molecule has 9 heteroatoms. The predicted octanol–water partition coefficient (Wildman–Crippen LogP) is -2.31. The average Bonchev–Trinajstić information content (AvgIpc) is 1.83. The van der Waals surface area contributed by atoms with Crippen molar-refractivity contribution in [1.29, 1.82) is 0 Å². The van der Waals surface area contributed by atoms with Crippen LogP contribution < -0.4 is 0 Å². The maximum absolute atomic E-state index is 10.2. The van der Waals surface area contributed by atoms with Gasteiger partial charge in [-0.25, -0.2) is 0 Å². The van der Waals surface area contributed by atoms with E-state index >= 15 is 0 Å². The standard InChI is InChI=1S/C6H8O6.2K.Na.3H/c7-4(8)1-3(6(11)12)2-5(9)10;;;;;;/h3H,1-2H2,(H,7,8)(H,9,10)(H,11,12);;;;;;. The molecule has 0 amide bonds. The van der Waals surface area contributed by atoms with E-state index in [1.807, 2.05) is 0 Å². The van der Waals surface area contributed by atoms with Crippen LogP contribution in [0.1, 0.15) is 12.8 Å². The van der Waals surface area contributed by atoms with E-state index in [4.69, 9.17) is 15.3 Å². The van der Waals surface area contributed by atoms with Gasteiger partial charge in [-0.05, 0) is 0 Å². The second-order valence-corrected chi connectivity index (χ2v) is 2.23. The molecule has 0 rings (SSSR count). The molecule has 0 unspecified atom stereocenters. The fourth-order valence-corrected chi connectivity index (χ4v) is 0.668. The second-order valence-electron chi connectivity index (χ2n) is 2.23. The molecule has 0 aromatic rings. The predicted molar refractivity (Wildman–Crippen MR) is 57.1 cm³/mol. The molecule has 0 aromatic heterocycles. The van der Waals surface area contributed by atoms with Crippen molar-refractivity contribution < 1.29 is 29.7 Å². The molecule has 0 bridgehead atoms. The van der Waals surface area contributed by atoms with E-state index in [0.29, 0.717) is 0 Å². The first-order valence-corrected chi connectivity index (χ1v) is 3.10. The summed E-state index contributed by atoms with van der Waals surface area (Å²) in [6.45, 7) is 0. The summed E-state index contributed by atoms with van der Waals surface area (Å²) in [6, 6.07) is 0. The fraction of sp³-hybridized carbons (Fsp3) is 0.500. The molecule has 74 valence electrons. The van der Waals surface area contributed by atoms with Gasteiger partial charge in [-0.2, -0.15) is 0 Å². The van der Waals surface area contributed by atoms with Crippen molar-refractivity contribution in [3.8, 4) is 0 Å². The molecule has 0 saturated carbocycles. The zero-order valence-electron chi connectivity index (χ0n) is 6.06. The Morgan fingerprint density at radius 2 is 1.13 bits per heavy atom. The van der Waals surface area contributed by atoms with E-state index < -0.39 is 36.7 Å². The molecule has 3 N–H and O–H groups in total. The number of aliphatic carboxylic acids is 3. The summed E-state index contributed by atoms with van der Waals surface area (Å²) in [5.74, 6) is -5.38. The fourth-order valence-electron chi connectivity index (χ4n) is 0.668. The number of rotatable bonds is 5. The Balaban J connectivity index is -0.000000202. The van der Waals surface area contributed by atoms with Crippen molar-refractivity contribution in [1.82, 2.24) is 0 Å². The van der Waals surface area contributed by atoms with Crippen LogP contribution in [0.2, 0.25) is 0 Å². The Morgan fingerprint density at radius 3 is 1.27 bits per heavy atom. The van der Waals surface area contributed by atoms with Gasteiger partial charge in [0.2, 0.25) is 0 Å². The van der Waals surface area contributed by atoms with Gasteiger partial charge in [0.15, 0.2) is 0 Å². The van der Waals surface area contributed by atoms with Gasteiger partial charge in [0.1, 0.15) is 0 Å². The van der Waals surface area contributed by atoms with Crippen molar-refractivity contribution in [2.24, 2.45) is 5.92 Å². The summed E-state index contributed by atoms with van der Waals surface area (Å²) < 4.78 is 0. The second kappa shape index (κ2) is 14.7. The van der Waals surface area contributed by atoms with Crippen LogP contribution >= 0.6 is 0 Å². The molecule has 0 aliphatic carbocycles. The van der Waals surface area contributed by atoms with Crippen LogP contribution in [0.5, 0.6) is 0 Å². The first kappa shape index (κ1) is 26.3. The third-order valence-corrected chi connectivity index (χ3v) is 1.19. The van der Waals surface area contributed by atoms with Crippen LogP contribution in [0.3, 0.4) is 0 Å². The molecule has 0 aliphatic heterocycles.